The first-order chi connectivity index (χ1) is 8.04. The topological polar surface area (TPSA) is 83.9 Å². The fourth-order valence-corrected chi connectivity index (χ4v) is 1.38. The molecule has 6 heteroatoms. The number of methoxy groups -OCH3 is 1. The number of rotatable bonds is 0. The van der Waals surface area contributed by atoms with E-state index >= 15 is 0 Å². The van der Waals surface area contributed by atoms with Crippen molar-refractivity contribution in [1.29, 1.82) is 0 Å². The van der Waals surface area contributed by atoms with Crippen LogP contribution < -0.4 is 4.90 Å². The molecule has 1 heterocycles. The highest BCUT2D eigenvalue weighted by molar-refractivity contribution is 6.55. The van der Waals surface area contributed by atoms with Crippen LogP contribution in [0.25, 0.3) is 0 Å². The van der Waals surface area contributed by atoms with Gasteiger partial charge in [0.05, 0.1) is 11.3 Å². The number of carbonyl (C=O) groups excluding carboxylic acids is 2. The molecule has 2 rings (SSSR count). The van der Waals surface area contributed by atoms with Gasteiger partial charge in [-0.3, -0.25) is 9.59 Å². The predicted octanol–water partition coefficient (Wildman–Crippen LogP) is 1.16. The summed E-state index contributed by atoms with van der Waals surface area (Å²) in [6.45, 7) is 0. The third-order valence-electron chi connectivity index (χ3n) is 1.98. The molecule has 0 fully saturated rings. The van der Waals surface area contributed by atoms with Gasteiger partial charge in [0, 0.05) is 14.2 Å². The number of imide groups is 1. The fourth-order valence-electron chi connectivity index (χ4n) is 1.38. The third kappa shape index (κ3) is 2.31. The summed E-state index contributed by atoms with van der Waals surface area (Å²) in [5.74, 6) is -1.79. The van der Waals surface area contributed by atoms with E-state index in [4.69, 9.17) is 5.11 Å². The molecule has 0 saturated carbocycles. The molecule has 17 heavy (non-hydrogen) atoms. The number of carbonyl (C=O) groups is 3. The molecule has 1 aromatic carbocycles. The maximum absolute atomic E-state index is 11.3. The third-order valence-corrected chi connectivity index (χ3v) is 1.98. The van der Waals surface area contributed by atoms with Crippen LogP contribution in [0, 0.1) is 0 Å². The normalized spacial score (nSPS) is 12.9. The molecule has 1 aliphatic heterocycles. The van der Waals surface area contributed by atoms with Crippen molar-refractivity contribution >= 4 is 23.5 Å². The molecule has 1 N–H and O–H groups in total. The molecule has 90 valence electrons. The Kier molecular flexibility index (Phi) is 3.95. The molecule has 0 saturated heterocycles. The van der Waals surface area contributed by atoms with Crippen molar-refractivity contribution in [2.24, 2.45) is 0 Å². The molecule has 0 bridgehead atoms. The van der Waals surface area contributed by atoms with E-state index in [-0.39, 0.29) is 11.3 Å². The highest BCUT2D eigenvalue weighted by Crippen LogP contribution is 2.28. The van der Waals surface area contributed by atoms with E-state index in [1.54, 1.807) is 26.4 Å². The van der Waals surface area contributed by atoms with Crippen molar-refractivity contribution in [3.05, 3.63) is 29.8 Å². The summed E-state index contributed by atoms with van der Waals surface area (Å²) in [5.41, 5.74) is 0.273. The first kappa shape index (κ1) is 12.9. The Balaban J connectivity index is 0.000000437. The lowest BCUT2D eigenvalue weighted by Crippen LogP contribution is -2.34. The second-order valence-corrected chi connectivity index (χ2v) is 3.18. The minimum Gasteiger partial charge on any atom is -0.464 e. The van der Waals surface area contributed by atoms with Crippen LogP contribution >= 0.6 is 0 Å². The summed E-state index contributed by atoms with van der Waals surface area (Å²) >= 11 is 0. The maximum atomic E-state index is 11.3. The molecule has 6 nitrogen and oxygen atoms in total. The van der Waals surface area contributed by atoms with Crippen molar-refractivity contribution in [2.45, 2.75) is 0 Å². The molecular formula is C11H11NO5. The molecule has 2 amide bonds. The summed E-state index contributed by atoms with van der Waals surface area (Å²) in [6, 6.07) is 6.00. The number of nitrogens with zero attached hydrogens (tertiary/aromatic N) is 1. The molecule has 0 atom stereocenters. The lowest BCUT2D eigenvalue weighted by molar-refractivity contribution is -0.113. The van der Waals surface area contributed by atoms with Gasteiger partial charge in [0.15, 0.2) is 0 Å². The van der Waals surface area contributed by atoms with Crippen molar-refractivity contribution in [2.75, 3.05) is 19.1 Å². The van der Waals surface area contributed by atoms with E-state index in [0.717, 1.165) is 0 Å². The van der Waals surface area contributed by atoms with Crippen molar-refractivity contribution in [3.8, 4) is 0 Å². The summed E-state index contributed by atoms with van der Waals surface area (Å²) in [7, 11) is 3.25. The highest BCUT2D eigenvalue weighted by Gasteiger charge is 2.39. The van der Waals surface area contributed by atoms with Gasteiger partial charge < -0.3 is 9.84 Å². The van der Waals surface area contributed by atoms with Crippen LogP contribution in [0.3, 0.4) is 0 Å². The van der Waals surface area contributed by atoms with E-state index in [1.165, 1.54) is 12.1 Å². The van der Waals surface area contributed by atoms with Crippen LogP contribution in [0.15, 0.2) is 24.3 Å². The molecule has 1 aromatic rings. The Morgan fingerprint density at radius 2 is 1.76 bits per heavy atom. The molecule has 0 spiro atoms. The van der Waals surface area contributed by atoms with Gasteiger partial charge in [-0.25, -0.2) is 9.69 Å². The number of carboxylic acid groups (broad SMARTS) is 1. The van der Waals surface area contributed by atoms with Crippen molar-refractivity contribution < 1.29 is 24.2 Å². The lowest BCUT2D eigenvalue weighted by Gasteiger charge is -2.08. The van der Waals surface area contributed by atoms with Crippen LogP contribution in [0.4, 0.5) is 10.5 Å². The Labute approximate surface area is 97.4 Å². The van der Waals surface area contributed by atoms with Gasteiger partial charge in [-0.05, 0) is 12.1 Å². The zero-order valence-electron chi connectivity index (χ0n) is 9.34. The molecule has 0 radical (unpaired) electrons. The van der Waals surface area contributed by atoms with Crippen LogP contribution in [0.1, 0.15) is 10.4 Å². The standard InChI is InChI=1S/C9H5NO4.C2H6O/c11-7-5-3-1-2-4-6(5)10(8(7)12)9(13)14;1-3-2/h1-4H,(H,13,14);1-2H3. The Bertz CT molecular complexity index is 469. The minimum atomic E-state index is -1.44. The number of ketones is 1. The van der Waals surface area contributed by atoms with E-state index in [9.17, 15) is 14.4 Å². The fraction of sp³-hybridized carbons (Fsp3) is 0.182. The summed E-state index contributed by atoms with van der Waals surface area (Å²) < 4.78 is 4.25. The second kappa shape index (κ2) is 5.22. The number of para-hydroxylation sites is 1. The maximum Gasteiger partial charge on any atom is 0.419 e. The Morgan fingerprint density at radius 3 is 2.29 bits per heavy atom. The van der Waals surface area contributed by atoms with E-state index in [1.807, 2.05) is 0 Å². The number of ether oxygens (including phenoxy) is 1. The van der Waals surface area contributed by atoms with Crippen LogP contribution in [0.5, 0.6) is 0 Å². The smallest absolute Gasteiger partial charge is 0.419 e. The van der Waals surface area contributed by atoms with Crippen molar-refractivity contribution in [3.63, 3.8) is 0 Å². The number of benzene rings is 1. The Morgan fingerprint density at radius 1 is 1.24 bits per heavy atom. The van der Waals surface area contributed by atoms with E-state index in [2.05, 4.69) is 4.74 Å². The molecule has 1 aliphatic rings. The van der Waals surface area contributed by atoms with Gasteiger partial charge in [-0.15, -0.1) is 0 Å². The number of amides is 2. The summed E-state index contributed by atoms with van der Waals surface area (Å²) in [5, 5.41) is 8.70. The van der Waals surface area contributed by atoms with Gasteiger partial charge in [0.25, 0.3) is 5.78 Å². The lowest BCUT2D eigenvalue weighted by atomic mass is 10.1. The SMILES string of the molecule is COC.O=C1C(=O)N(C(=O)O)c2ccccc21. The minimum absolute atomic E-state index is 0.134. The number of hydrogen-bond acceptors (Lipinski definition) is 4. The summed E-state index contributed by atoms with van der Waals surface area (Å²) in [6.07, 6.45) is -1.44. The first-order valence-electron chi connectivity index (χ1n) is 4.65. The van der Waals surface area contributed by atoms with Gasteiger partial charge in [0.2, 0.25) is 0 Å². The monoisotopic (exact) mass is 237 g/mol. The van der Waals surface area contributed by atoms with Crippen LogP contribution in [-0.4, -0.2) is 37.1 Å². The molecular weight excluding hydrogens is 226 g/mol. The first-order valence-corrected chi connectivity index (χ1v) is 4.65. The van der Waals surface area contributed by atoms with Gasteiger partial charge in [-0.1, -0.05) is 12.1 Å². The molecule has 0 aliphatic carbocycles. The van der Waals surface area contributed by atoms with Crippen LogP contribution in [-0.2, 0) is 9.53 Å². The number of fused-ring (bicyclic) bond motifs is 1. The predicted molar refractivity (Wildman–Crippen MR) is 59.2 cm³/mol. The molecule has 0 unspecified atom stereocenters. The second-order valence-electron chi connectivity index (χ2n) is 3.18. The van der Waals surface area contributed by atoms with Crippen molar-refractivity contribution in [1.82, 2.24) is 0 Å². The number of anilines is 1. The quantitative estimate of drug-likeness (QED) is 0.684. The van der Waals surface area contributed by atoms with Crippen LogP contribution in [0.2, 0.25) is 0 Å². The average Bonchev–Trinajstić information content (AvgIpc) is 2.53. The zero-order chi connectivity index (χ0) is 13.0. The molecule has 0 aromatic heterocycles. The average molecular weight is 237 g/mol. The van der Waals surface area contributed by atoms with E-state index < -0.39 is 17.8 Å². The number of Topliss-reactive ketones (excluding diaryl/α,β-unsaturated/α-hetero) is 1. The number of hydrogen-bond donors (Lipinski definition) is 1. The zero-order valence-corrected chi connectivity index (χ0v) is 9.34. The Hall–Kier alpha value is -2.21. The van der Waals surface area contributed by atoms with Gasteiger partial charge >= 0.3 is 12.0 Å². The van der Waals surface area contributed by atoms with Gasteiger partial charge in [-0.2, -0.15) is 0 Å². The summed E-state index contributed by atoms with van der Waals surface area (Å²) in [4.78, 5) is 33.6. The highest BCUT2D eigenvalue weighted by atomic mass is 16.4. The largest absolute Gasteiger partial charge is 0.464 e. The van der Waals surface area contributed by atoms with E-state index in [0.29, 0.717) is 4.90 Å². The van der Waals surface area contributed by atoms with Gasteiger partial charge in [0.1, 0.15) is 0 Å².